The highest BCUT2D eigenvalue weighted by Gasteiger charge is 2.13. The number of fused-ring (bicyclic) bond motifs is 1. The summed E-state index contributed by atoms with van der Waals surface area (Å²) in [6.07, 6.45) is 0. The fraction of sp³-hybridized carbons (Fsp3) is 0.158. The monoisotopic (exact) mass is 357 g/mol. The quantitative estimate of drug-likeness (QED) is 0.652. The summed E-state index contributed by atoms with van der Waals surface area (Å²) in [7, 11) is 1.55. The van der Waals surface area contributed by atoms with Crippen molar-refractivity contribution in [3.05, 3.63) is 60.0 Å². The number of ether oxygens (including phenoxy) is 3. The molecule has 3 aromatic rings. The van der Waals surface area contributed by atoms with E-state index in [1.54, 1.807) is 19.2 Å². The molecule has 1 heterocycles. The van der Waals surface area contributed by atoms with Crippen molar-refractivity contribution < 1.29 is 28.5 Å². The van der Waals surface area contributed by atoms with Crippen LogP contribution >= 0.6 is 0 Å². The van der Waals surface area contributed by atoms with Crippen LogP contribution in [-0.4, -0.2) is 36.4 Å². The Morgan fingerprint density at radius 1 is 1.04 bits per heavy atom. The lowest BCUT2D eigenvalue weighted by atomic mass is 10.1. The maximum Gasteiger partial charge on any atom is 0.354 e. The number of benzene rings is 2. The number of rotatable bonds is 7. The van der Waals surface area contributed by atoms with Crippen molar-refractivity contribution >= 4 is 16.9 Å². The predicted octanol–water partition coefficient (Wildman–Crippen LogP) is 3.54. The number of carbonyl (C=O) groups is 1. The van der Waals surface area contributed by atoms with Crippen LogP contribution in [0.5, 0.6) is 17.2 Å². The van der Waals surface area contributed by atoms with E-state index >= 15 is 0 Å². The van der Waals surface area contributed by atoms with E-state index in [1.165, 1.54) is 24.3 Å². The number of methoxy groups -OCH3 is 1. The van der Waals surface area contributed by atoms with Crippen molar-refractivity contribution in [1.29, 1.82) is 0 Å². The van der Waals surface area contributed by atoms with Gasteiger partial charge < -0.3 is 19.3 Å². The first kappa shape index (κ1) is 17.5. The Morgan fingerprint density at radius 3 is 2.42 bits per heavy atom. The minimum Gasteiger partial charge on any atom is -0.493 e. The van der Waals surface area contributed by atoms with E-state index in [4.69, 9.17) is 14.2 Å². The van der Waals surface area contributed by atoms with Crippen LogP contribution in [0.3, 0.4) is 0 Å². The number of pyridine rings is 1. The molecule has 0 spiro atoms. The van der Waals surface area contributed by atoms with Gasteiger partial charge in [0, 0.05) is 11.5 Å². The molecular formula is C19H16FNO5. The van der Waals surface area contributed by atoms with Crippen LogP contribution in [0.1, 0.15) is 10.5 Å². The molecule has 0 amide bonds. The number of carboxylic acids is 1. The van der Waals surface area contributed by atoms with Gasteiger partial charge >= 0.3 is 5.97 Å². The van der Waals surface area contributed by atoms with E-state index in [0.29, 0.717) is 22.4 Å². The lowest BCUT2D eigenvalue weighted by Gasteiger charge is -2.12. The normalized spacial score (nSPS) is 10.5. The smallest absolute Gasteiger partial charge is 0.354 e. The van der Waals surface area contributed by atoms with Gasteiger partial charge in [-0.2, -0.15) is 0 Å². The predicted molar refractivity (Wildman–Crippen MR) is 92.6 cm³/mol. The van der Waals surface area contributed by atoms with Gasteiger partial charge in [0.1, 0.15) is 24.8 Å². The zero-order valence-corrected chi connectivity index (χ0v) is 13.9. The molecule has 7 heteroatoms. The van der Waals surface area contributed by atoms with Gasteiger partial charge in [0.05, 0.1) is 12.6 Å². The zero-order valence-electron chi connectivity index (χ0n) is 13.9. The number of carboxylic acid groups (broad SMARTS) is 1. The molecule has 0 aliphatic carbocycles. The fourth-order valence-electron chi connectivity index (χ4n) is 2.44. The van der Waals surface area contributed by atoms with Crippen LogP contribution in [0, 0.1) is 5.82 Å². The molecule has 2 aromatic carbocycles. The van der Waals surface area contributed by atoms with Crippen molar-refractivity contribution in [3.8, 4) is 17.2 Å². The molecule has 0 fully saturated rings. The first-order valence-corrected chi connectivity index (χ1v) is 7.80. The second-order valence-electron chi connectivity index (χ2n) is 5.32. The SMILES string of the molecule is COc1ccccc1OCCOc1cc(C(=O)O)nc2ccc(F)cc12. The molecule has 0 aliphatic heterocycles. The maximum absolute atomic E-state index is 13.5. The van der Waals surface area contributed by atoms with E-state index in [1.807, 2.05) is 12.1 Å². The molecule has 0 unspecified atom stereocenters. The highest BCUT2D eigenvalue weighted by Crippen LogP contribution is 2.28. The number of nitrogens with zero attached hydrogens (tertiary/aromatic N) is 1. The summed E-state index contributed by atoms with van der Waals surface area (Å²) in [6.45, 7) is 0.328. The molecule has 1 N–H and O–H groups in total. The first-order valence-electron chi connectivity index (χ1n) is 7.80. The van der Waals surface area contributed by atoms with Gasteiger partial charge in [0.2, 0.25) is 0 Å². The largest absolute Gasteiger partial charge is 0.493 e. The summed E-state index contributed by atoms with van der Waals surface area (Å²) >= 11 is 0. The van der Waals surface area contributed by atoms with E-state index in [2.05, 4.69) is 4.98 Å². The molecule has 134 valence electrons. The molecule has 0 bridgehead atoms. The summed E-state index contributed by atoms with van der Waals surface area (Å²) < 4.78 is 30.0. The lowest BCUT2D eigenvalue weighted by Crippen LogP contribution is -2.11. The van der Waals surface area contributed by atoms with Crippen molar-refractivity contribution in [3.63, 3.8) is 0 Å². The molecule has 6 nitrogen and oxygen atoms in total. The van der Waals surface area contributed by atoms with Gasteiger partial charge in [-0.25, -0.2) is 14.2 Å². The third-order valence-electron chi connectivity index (χ3n) is 3.62. The number of para-hydroxylation sites is 2. The van der Waals surface area contributed by atoms with Gasteiger partial charge in [-0.1, -0.05) is 12.1 Å². The number of aromatic nitrogens is 1. The second kappa shape index (κ2) is 7.69. The van der Waals surface area contributed by atoms with Crippen molar-refractivity contribution in [2.75, 3.05) is 20.3 Å². The fourth-order valence-corrected chi connectivity index (χ4v) is 2.44. The van der Waals surface area contributed by atoms with Gasteiger partial charge in [-0.15, -0.1) is 0 Å². The number of halogens is 1. The van der Waals surface area contributed by atoms with Crippen LogP contribution < -0.4 is 14.2 Å². The summed E-state index contributed by atoms with van der Waals surface area (Å²) in [4.78, 5) is 15.2. The van der Waals surface area contributed by atoms with Crippen LogP contribution in [-0.2, 0) is 0 Å². The summed E-state index contributed by atoms with van der Waals surface area (Å²) in [5, 5.41) is 9.57. The van der Waals surface area contributed by atoms with Crippen molar-refractivity contribution in [2.45, 2.75) is 0 Å². The number of aromatic carboxylic acids is 1. The summed E-state index contributed by atoms with van der Waals surface area (Å²) in [5.74, 6) is -0.257. The zero-order chi connectivity index (χ0) is 18.5. The molecule has 0 aliphatic rings. The highest BCUT2D eigenvalue weighted by atomic mass is 19.1. The summed E-state index contributed by atoms with van der Waals surface area (Å²) in [6, 6.07) is 12.3. The van der Waals surface area contributed by atoms with Crippen LogP contribution in [0.2, 0.25) is 0 Å². The molecular weight excluding hydrogens is 341 g/mol. The Bertz CT molecular complexity index is 944. The highest BCUT2D eigenvalue weighted by molar-refractivity contribution is 5.93. The molecule has 0 atom stereocenters. The van der Waals surface area contributed by atoms with E-state index in [0.717, 1.165) is 0 Å². The van der Waals surface area contributed by atoms with E-state index in [9.17, 15) is 14.3 Å². The van der Waals surface area contributed by atoms with E-state index < -0.39 is 11.8 Å². The Hall–Kier alpha value is -3.35. The third-order valence-corrected chi connectivity index (χ3v) is 3.62. The first-order chi connectivity index (χ1) is 12.6. The lowest BCUT2D eigenvalue weighted by molar-refractivity contribution is 0.0690. The average Bonchev–Trinajstić information content (AvgIpc) is 2.65. The Balaban J connectivity index is 1.75. The average molecular weight is 357 g/mol. The van der Waals surface area contributed by atoms with Gasteiger partial charge in [0.15, 0.2) is 17.2 Å². The van der Waals surface area contributed by atoms with Crippen LogP contribution in [0.25, 0.3) is 10.9 Å². The molecule has 3 rings (SSSR count). The Labute approximate surface area is 148 Å². The molecule has 26 heavy (non-hydrogen) atoms. The van der Waals surface area contributed by atoms with E-state index in [-0.39, 0.29) is 24.7 Å². The summed E-state index contributed by atoms with van der Waals surface area (Å²) in [5.41, 5.74) is 0.164. The molecule has 1 aromatic heterocycles. The van der Waals surface area contributed by atoms with Gasteiger partial charge in [0.25, 0.3) is 0 Å². The Kier molecular flexibility index (Phi) is 5.17. The second-order valence-corrected chi connectivity index (χ2v) is 5.32. The number of hydrogen-bond acceptors (Lipinski definition) is 5. The minimum atomic E-state index is -1.19. The van der Waals surface area contributed by atoms with Crippen molar-refractivity contribution in [1.82, 2.24) is 4.98 Å². The van der Waals surface area contributed by atoms with Crippen LogP contribution in [0.4, 0.5) is 4.39 Å². The third kappa shape index (κ3) is 3.83. The van der Waals surface area contributed by atoms with Crippen molar-refractivity contribution in [2.24, 2.45) is 0 Å². The number of hydrogen-bond donors (Lipinski definition) is 1. The molecule has 0 saturated carbocycles. The van der Waals surface area contributed by atoms with Gasteiger partial charge in [-0.05, 0) is 30.3 Å². The van der Waals surface area contributed by atoms with Crippen LogP contribution in [0.15, 0.2) is 48.5 Å². The van der Waals surface area contributed by atoms with Gasteiger partial charge in [-0.3, -0.25) is 0 Å². The molecule has 0 saturated heterocycles. The Morgan fingerprint density at radius 2 is 1.73 bits per heavy atom. The topological polar surface area (TPSA) is 77.9 Å². The molecule has 0 radical (unpaired) electrons. The standard InChI is InChI=1S/C19H16FNO5/c1-24-16-4-2-3-5-17(16)25-8-9-26-18-11-15(19(22)23)21-14-7-6-12(20)10-13(14)18/h2-7,10-11H,8-9H2,1H3,(H,22,23). The maximum atomic E-state index is 13.5. The minimum absolute atomic E-state index is 0.132.